The van der Waals surface area contributed by atoms with Crippen molar-refractivity contribution in [3.8, 4) is 0 Å². The highest BCUT2D eigenvalue weighted by Gasteiger charge is 2.71. The minimum Gasteiger partial charge on any atom is -0.460 e. The smallest absolute Gasteiger partial charge is 0.375 e. The number of esters is 2. The van der Waals surface area contributed by atoms with Crippen LogP contribution in [0, 0.1) is 56.7 Å². The van der Waals surface area contributed by atoms with Crippen LogP contribution in [-0.2, 0) is 19.1 Å². The molecule has 0 bridgehead atoms. The van der Waals surface area contributed by atoms with Gasteiger partial charge in [0.25, 0.3) is 12.1 Å². The first-order chi connectivity index (χ1) is 24.6. The van der Waals surface area contributed by atoms with Gasteiger partial charge in [-0.25, -0.2) is 9.59 Å². The molecule has 0 saturated heterocycles. The van der Waals surface area contributed by atoms with Crippen LogP contribution in [0.3, 0.4) is 0 Å². The largest absolute Gasteiger partial charge is 0.460 e. The maximum Gasteiger partial charge on any atom is 0.375 e. The van der Waals surface area contributed by atoms with Crippen molar-refractivity contribution in [2.75, 3.05) is 6.61 Å². The fourth-order valence-corrected chi connectivity index (χ4v) is 13.9. The second-order valence-electron chi connectivity index (χ2n) is 19.4. The highest BCUT2D eigenvalue weighted by molar-refractivity contribution is 5.72. The molecule has 5 aliphatic carbocycles. The number of allylic oxidation sites excluding steroid dienone is 1. The number of hydrogen-bond donors (Lipinski definition) is 0. The fourth-order valence-electron chi connectivity index (χ4n) is 13.9. The predicted octanol–water partition coefficient (Wildman–Crippen LogP) is 9.20. The summed E-state index contributed by atoms with van der Waals surface area (Å²) in [7, 11) is 0. The van der Waals surface area contributed by atoms with E-state index in [0.29, 0.717) is 36.2 Å². The molecule has 0 aliphatic heterocycles. The van der Waals surface area contributed by atoms with Crippen LogP contribution in [0.4, 0.5) is 0 Å². The Morgan fingerprint density at radius 3 is 1.94 bits per heavy atom. The molecule has 6 unspecified atom stereocenters. The second-order valence-corrected chi connectivity index (χ2v) is 19.4. The summed E-state index contributed by atoms with van der Waals surface area (Å²) in [6.07, 6.45) is 19.3. The van der Waals surface area contributed by atoms with Gasteiger partial charge in [-0.05, 0) is 117 Å². The van der Waals surface area contributed by atoms with Crippen LogP contribution in [-0.4, -0.2) is 24.6 Å². The molecule has 0 amide bonds. The van der Waals surface area contributed by atoms with Gasteiger partial charge < -0.3 is 9.47 Å². The third-order valence-corrected chi connectivity index (χ3v) is 17.0. The summed E-state index contributed by atoms with van der Waals surface area (Å²) < 4.78 is 16.7. The quantitative estimate of drug-likeness (QED) is 0.156. The maximum atomic E-state index is 13.5. The highest BCUT2D eigenvalue weighted by atomic mass is 16.5. The lowest BCUT2D eigenvalue weighted by atomic mass is 9.32. The summed E-state index contributed by atoms with van der Waals surface area (Å²) in [6, 6.07) is 11.1. The maximum absolute atomic E-state index is 13.5. The molecule has 0 aromatic carbocycles. The van der Waals surface area contributed by atoms with Crippen molar-refractivity contribution in [1.29, 1.82) is 0 Å². The van der Waals surface area contributed by atoms with Gasteiger partial charge >= 0.3 is 11.9 Å². The Morgan fingerprint density at radius 1 is 0.712 bits per heavy atom. The van der Waals surface area contributed by atoms with Gasteiger partial charge in [-0.3, -0.25) is 0 Å². The average Bonchev–Trinajstić information content (AvgIpc) is 3.52. The highest BCUT2D eigenvalue weighted by Crippen LogP contribution is 2.77. The summed E-state index contributed by atoms with van der Waals surface area (Å²) in [6.45, 7) is 24.0. The number of fused-ring (bicyclic) bond motifs is 7. The van der Waals surface area contributed by atoms with Gasteiger partial charge in [0.1, 0.15) is 6.10 Å². The van der Waals surface area contributed by atoms with Gasteiger partial charge in [-0.1, -0.05) is 58.9 Å². The van der Waals surface area contributed by atoms with E-state index in [1.165, 1.54) is 37.7 Å². The van der Waals surface area contributed by atoms with E-state index in [4.69, 9.17) is 9.47 Å². The predicted molar refractivity (Wildman–Crippen MR) is 203 cm³/mol. The molecular formula is C46H66N2O4+2. The lowest BCUT2D eigenvalue weighted by molar-refractivity contribution is -0.707. The van der Waals surface area contributed by atoms with Crippen LogP contribution in [0.25, 0.3) is 0 Å². The molecule has 282 valence electrons. The molecule has 12 atom stereocenters. The molecule has 5 saturated carbocycles. The Bertz CT molecular complexity index is 1660. The summed E-state index contributed by atoms with van der Waals surface area (Å²) >= 11 is 0. The number of aromatic nitrogens is 2. The molecule has 6 nitrogen and oxygen atoms in total. The first-order valence-electron chi connectivity index (χ1n) is 20.5. The van der Waals surface area contributed by atoms with E-state index in [2.05, 4.69) is 48.1 Å². The molecule has 5 aliphatic rings. The van der Waals surface area contributed by atoms with E-state index in [-0.39, 0.29) is 57.2 Å². The molecular weight excluding hydrogens is 645 g/mol. The zero-order valence-electron chi connectivity index (χ0n) is 33.4. The summed E-state index contributed by atoms with van der Waals surface area (Å²) in [5, 5.41) is 0. The number of nitrogens with zero attached hydrogens (tertiary/aromatic N) is 2. The van der Waals surface area contributed by atoms with Crippen molar-refractivity contribution in [2.45, 2.75) is 138 Å². The minimum absolute atomic E-state index is 0.0218. The number of pyridine rings is 2. The summed E-state index contributed by atoms with van der Waals surface area (Å²) in [5.74, 6) is 2.45. The summed E-state index contributed by atoms with van der Waals surface area (Å²) in [5.41, 5.74) is 1.87. The molecule has 0 spiro atoms. The first-order valence-corrected chi connectivity index (χ1v) is 20.5. The standard InChI is InChI=1S/C46H66N2O4/c1-31(2)34-18-23-46(30-51-40(49)32(3)47-26-12-10-13-27-47)25-24-44(8)35(39(34)46)16-17-37-43(7)21-20-38(42(5,6)36(43)19-22-45(37,44)9)52-41(50)33(4)48-28-14-11-15-29-48/h10-15,26-29,32-39H,1,16-25,30H2,2-9H3/q+2/t32?,33?,34-,35?,36?,37?,38-,39?,43-,44+,45+,46+/m0/s1. The molecule has 0 radical (unpaired) electrons. The first kappa shape index (κ1) is 37.3. The monoisotopic (exact) mass is 711 g/mol. The molecule has 7 rings (SSSR count). The Balaban J connectivity index is 1.11. The van der Waals surface area contributed by atoms with Crippen LogP contribution < -0.4 is 9.13 Å². The number of hydrogen-bond acceptors (Lipinski definition) is 4. The fraction of sp³-hybridized carbons (Fsp3) is 0.696. The van der Waals surface area contributed by atoms with Gasteiger partial charge in [0.05, 0.1) is 6.61 Å². The van der Waals surface area contributed by atoms with Crippen molar-refractivity contribution < 1.29 is 28.2 Å². The molecule has 2 heterocycles. The number of carbonyl (C=O) groups is 2. The van der Waals surface area contributed by atoms with Crippen LogP contribution >= 0.6 is 0 Å². The third kappa shape index (κ3) is 5.70. The number of ether oxygens (including phenoxy) is 2. The molecule has 52 heavy (non-hydrogen) atoms. The minimum atomic E-state index is -0.345. The van der Waals surface area contributed by atoms with E-state index < -0.39 is 0 Å². The van der Waals surface area contributed by atoms with E-state index in [0.717, 1.165) is 32.1 Å². The normalized spacial score (nSPS) is 40.2. The van der Waals surface area contributed by atoms with Gasteiger partial charge in [0.15, 0.2) is 24.8 Å². The lowest BCUT2D eigenvalue weighted by Gasteiger charge is -2.73. The number of carbonyl (C=O) groups excluding carboxylic acids is 2. The molecule has 5 fully saturated rings. The van der Waals surface area contributed by atoms with E-state index in [9.17, 15) is 9.59 Å². The molecule has 2 aromatic rings. The van der Waals surface area contributed by atoms with E-state index in [1.807, 2.05) is 84.2 Å². The van der Waals surface area contributed by atoms with Crippen LogP contribution in [0.15, 0.2) is 73.3 Å². The van der Waals surface area contributed by atoms with Crippen LogP contribution in [0.1, 0.15) is 132 Å². The molecule has 0 N–H and O–H groups in total. The third-order valence-electron chi connectivity index (χ3n) is 17.0. The Morgan fingerprint density at radius 2 is 1.33 bits per heavy atom. The molecule has 6 heteroatoms. The topological polar surface area (TPSA) is 60.4 Å². The van der Waals surface area contributed by atoms with Crippen molar-refractivity contribution in [3.63, 3.8) is 0 Å². The summed E-state index contributed by atoms with van der Waals surface area (Å²) in [4.78, 5) is 27.0. The zero-order valence-corrected chi connectivity index (χ0v) is 33.4. The van der Waals surface area contributed by atoms with E-state index in [1.54, 1.807) is 0 Å². The van der Waals surface area contributed by atoms with Crippen molar-refractivity contribution in [2.24, 2.45) is 56.7 Å². The van der Waals surface area contributed by atoms with Crippen molar-refractivity contribution in [1.82, 2.24) is 0 Å². The molecule has 2 aromatic heterocycles. The Hall–Kier alpha value is -3.02. The van der Waals surface area contributed by atoms with E-state index >= 15 is 0 Å². The van der Waals surface area contributed by atoms with Crippen LogP contribution in [0.2, 0.25) is 0 Å². The Labute approximate surface area is 313 Å². The lowest BCUT2D eigenvalue weighted by Crippen LogP contribution is -2.67. The van der Waals surface area contributed by atoms with Crippen molar-refractivity contribution >= 4 is 11.9 Å². The van der Waals surface area contributed by atoms with Gasteiger partial charge in [0, 0.05) is 48.9 Å². The zero-order chi connectivity index (χ0) is 37.3. The van der Waals surface area contributed by atoms with Gasteiger partial charge in [-0.2, -0.15) is 9.13 Å². The average molecular weight is 711 g/mol. The van der Waals surface area contributed by atoms with Crippen LogP contribution in [0.5, 0.6) is 0 Å². The number of rotatable bonds is 8. The second kappa shape index (κ2) is 13.4. The van der Waals surface area contributed by atoms with Gasteiger partial charge in [-0.15, -0.1) is 0 Å². The van der Waals surface area contributed by atoms with Crippen molar-refractivity contribution in [3.05, 3.63) is 73.3 Å². The van der Waals surface area contributed by atoms with Gasteiger partial charge in [0.2, 0.25) is 0 Å². The Kier molecular flexibility index (Phi) is 9.59. The SMILES string of the molecule is C=C(C)[C@@H]1CC[C@]2(COC(=O)C(C)[n+]3ccccc3)CC[C@]3(C)C(CCC4[C@@]5(C)CC[C@H](OC(=O)C(C)[n+]6ccccc6)C(C)(C)C5CC[C@]43C)C12.